The van der Waals surface area contributed by atoms with Gasteiger partial charge in [-0.15, -0.1) is 10.2 Å². The first-order valence-electron chi connectivity index (χ1n) is 9.23. The van der Waals surface area contributed by atoms with Crippen LogP contribution in [0.15, 0.2) is 78.1 Å². The van der Waals surface area contributed by atoms with Crippen LogP contribution in [0.4, 0.5) is 5.69 Å². The Labute approximate surface area is 183 Å². The highest BCUT2D eigenvalue weighted by Gasteiger charge is 2.18. The molecular formula is C22H18ClN5OS. The van der Waals surface area contributed by atoms with E-state index in [2.05, 4.69) is 20.5 Å². The summed E-state index contributed by atoms with van der Waals surface area (Å²) < 4.78 is 1.91. The lowest BCUT2D eigenvalue weighted by atomic mass is 10.2. The van der Waals surface area contributed by atoms with E-state index >= 15 is 0 Å². The minimum absolute atomic E-state index is 0.146. The first kappa shape index (κ1) is 20.1. The number of benzene rings is 2. The van der Waals surface area contributed by atoms with Gasteiger partial charge in [0.05, 0.1) is 5.75 Å². The lowest BCUT2D eigenvalue weighted by molar-refractivity contribution is -0.113. The average Bonchev–Trinajstić information content (AvgIpc) is 3.21. The van der Waals surface area contributed by atoms with E-state index in [1.54, 1.807) is 12.3 Å². The number of amides is 1. The van der Waals surface area contributed by atoms with E-state index in [-0.39, 0.29) is 11.7 Å². The summed E-state index contributed by atoms with van der Waals surface area (Å²) in [6.07, 6.45) is 1.72. The molecule has 2 aromatic heterocycles. The molecule has 0 unspecified atom stereocenters. The predicted molar refractivity (Wildman–Crippen MR) is 120 cm³/mol. The van der Waals surface area contributed by atoms with Crippen LogP contribution in [0.5, 0.6) is 0 Å². The molecule has 1 N–H and O–H groups in total. The van der Waals surface area contributed by atoms with Crippen LogP contribution in [0.3, 0.4) is 0 Å². The van der Waals surface area contributed by atoms with Crippen molar-refractivity contribution in [3.63, 3.8) is 0 Å². The Morgan fingerprint density at radius 1 is 1.03 bits per heavy atom. The molecule has 0 fully saturated rings. The van der Waals surface area contributed by atoms with Crippen LogP contribution in [-0.2, 0) is 4.79 Å². The van der Waals surface area contributed by atoms with Crippen molar-refractivity contribution < 1.29 is 4.79 Å². The molecule has 4 aromatic rings. The molecular weight excluding hydrogens is 418 g/mol. The topological polar surface area (TPSA) is 72.7 Å². The summed E-state index contributed by atoms with van der Waals surface area (Å²) in [5.74, 6) is 0.654. The number of nitrogens with one attached hydrogen (secondary N) is 1. The zero-order valence-corrected chi connectivity index (χ0v) is 17.7. The van der Waals surface area contributed by atoms with Crippen LogP contribution in [-0.4, -0.2) is 31.4 Å². The second-order valence-electron chi connectivity index (χ2n) is 6.44. The van der Waals surface area contributed by atoms with Gasteiger partial charge in [-0.05, 0) is 48.9 Å². The summed E-state index contributed by atoms with van der Waals surface area (Å²) in [6, 6.07) is 20.8. The molecule has 4 rings (SSSR count). The Kier molecular flexibility index (Phi) is 6.11. The van der Waals surface area contributed by atoms with Gasteiger partial charge < -0.3 is 5.32 Å². The number of pyridine rings is 1. The molecule has 6 nitrogen and oxygen atoms in total. The number of para-hydroxylation sites is 1. The molecule has 8 heteroatoms. The Balaban J connectivity index is 1.58. The van der Waals surface area contributed by atoms with Crippen LogP contribution in [0, 0.1) is 6.92 Å². The highest BCUT2D eigenvalue weighted by atomic mass is 35.5. The normalized spacial score (nSPS) is 10.7. The Morgan fingerprint density at radius 3 is 2.60 bits per heavy atom. The fourth-order valence-electron chi connectivity index (χ4n) is 2.89. The standard InChI is InChI=1S/C22H18ClN5OS/c1-15-17(23)10-7-12-18(15)25-20(29)14-30-22-27-26-21(19-11-5-6-13-24-19)28(22)16-8-3-2-4-9-16/h2-13H,14H2,1H3,(H,25,29). The molecule has 0 aliphatic heterocycles. The van der Waals surface area contributed by atoms with Gasteiger partial charge in [-0.1, -0.05) is 53.7 Å². The molecule has 1 amide bonds. The molecule has 0 aliphatic carbocycles. The zero-order valence-electron chi connectivity index (χ0n) is 16.1. The first-order valence-corrected chi connectivity index (χ1v) is 10.6. The minimum atomic E-state index is -0.146. The highest BCUT2D eigenvalue weighted by Crippen LogP contribution is 2.27. The van der Waals surface area contributed by atoms with Crippen LogP contribution in [0.1, 0.15) is 5.56 Å². The number of anilines is 1. The summed E-state index contributed by atoms with van der Waals surface area (Å²) in [4.78, 5) is 16.9. The number of carbonyl (C=O) groups is 1. The van der Waals surface area contributed by atoms with E-state index in [0.29, 0.717) is 27.4 Å². The summed E-state index contributed by atoms with van der Waals surface area (Å²) in [5, 5.41) is 12.8. The van der Waals surface area contributed by atoms with E-state index < -0.39 is 0 Å². The summed E-state index contributed by atoms with van der Waals surface area (Å²) in [7, 11) is 0. The molecule has 0 atom stereocenters. The molecule has 30 heavy (non-hydrogen) atoms. The number of thioether (sulfide) groups is 1. The van der Waals surface area contributed by atoms with Crippen molar-refractivity contribution in [1.29, 1.82) is 0 Å². The van der Waals surface area contributed by atoms with Gasteiger partial charge in [-0.25, -0.2) is 0 Å². The molecule has 0 saturated carbocycles. The smallest absolute Gasteiger partial charge is 0.234 e. The van der Waals surface area contributed by atoms with Crippen molar-refractivity contribution in [3.05, 3.63) is 83.5 Å². The van der Waals surface area contributed by atoms with Gasteiger partial charge in [0.1, 0.15) is 5.69 Å². The van der Waals surface area contributed by atoms with E-state index in [1.165, 1.54) is 11.8 Å². The molecule has 0 bridgehead atoms. The second-order valence-corrected chi connectivity index (χ2v) is 7.79. The Morgan fingerprint density at radius 2 is 1.83 bits per heavy atom. The van der Waals surface area contributed by atoms with Crippen molar-refractivity contribution in [3.8, 4) is 17.2 Å². The fraction of sp³-hybridized carbons (Fsp3) is 0.0909. The number of hydrogen-bond acceptors (Lipinski definition) is 5. The van der Waals surface area contributed by atoms with Crippen molar-refractivity contribution in [2.75, 3.05) is 11.1 Å². The Hall–Kier alpha value is -3.16. The molecule has 0 saturated heterocycles. The quantitative estimate of drug-likeness (QED) is 0.430. The monoisotopic (exact) mass is 435 g/mol. The van der Waals surface area contributed by atoms with E-state index in [4.69, 9.17) is 11.6 Å². The number of nitrogens with zero attached hydrogens (tertiary/aromatic N) is 4. The lowest BCUT2D eigenvalue weighted by Crippen LogP contribution is -2.15. The molecule has 2 heterocycles. The molecule has 150 valence electrons. The van der Waals surface area contributed by atoms with Crippen LogP contribution in [0.2, 0.25) is 5.02 Å². The van der Waals surface area contributed by atoms with Gasteiger partial charge in [-0.2, -0.15) is 0 Å². The van der Waals surface area contributed by atoms with Gasteiger partial charge >= 0.3 is 0 Å². The average molecular weight is 436 g/mol. The largest absolute Gasteiger partial charge is 0.325 e. The van der Waals surface area contributed by atoms with Gasteiger partial charge in [0.2, 0.25) is 5.91 Å². The number of hydrogen-bond donors (Lipinski definition) is 1. The molecule has 0 aliphatic rings. The molecule has 0 radical (unpaired) electrons. The maximum Gasteiger partial charge on any atom is 0.234 e. The third-order valence-corrected chi connectivity index (χ3v) is 5.75. The number of aromatic nitrogens is 4. The van der Waals surface area contributed by atoms with Crippen molar-refractivity contribution in [1.82, 2.24) is 19.7 Å². The van der Waals surface area contributed by atoms with Crippen molar-refractivity contribution in [2.45, 2.75) is 12.1 Å². The first-order chi connectivity index (χ1) is 14.6. The van der Waals surface area contributed by atoms with Gasteiger partial charge in [0.25, 0.3) is 0 Å². The lowest BCUT2D eigenvalue weighted by Gasteiger charge is -2.11. The number of halogens is 1. The summed E-state index contributed by atoms with van der Waals surface area (Å²) >= 11 is 7.45. The maximum absolute atomic E-state index is 12.5. The third kappa shape index (κ3) is 4.37. The van der Waals surface area contributed by atoms with Crippen molar-refractivity contribution >= 4 is 35.0 Å². The van der Waals surface area contributed by atoms with Crippen molar-refractivity contribution in [2.24, 2.45) is 0 Å². The SMILES string of the molecule is Cc1c(Cl)cccc1NC(=O)CSc1nnc(-c2ccccn2)n1-c1ccccc1. The second kappa shape index (κ2) is 9.11. The van der Waals surface area contributed by atoms with E-state index in [0.717, 1.165) is 11.3 Å². The maximum atomic E-state index is 12.5. The van der Waals surface area contributed by atoms with Gasteiger partial charge in [-0.3, -0.25) is 14.3 Å². The zero-order chi connectivity index (χ0) is 20.9. The van der Waals surface area contributed by atoms with Crippen LogP contribution >= 0.6 is 23.4 Å². The molecule has 0 spiro atoms. The van der Waals surface area contributed by atoms with E-state index in [1.807, 2.05) is 72.2 Å². The third-order valence-electron chi connectivity index (χ3n) is 4.42. The number of rotatable bonds is 6. The summed E-state index contributed by atoms with van der Waals surface area (Å²) in [6.45, 7) is 1.87. The van der Waals surface area contributed by atoms with Gasteiger partial charge in [0.15, 0.2) is 11.0 Å². The fourth-order valence-corrected chi connectivity index (χ4v) is 3.82. The predicted octanol–water partition coefficient (Wildman–Crippen LogP) is 5.02. The molecule has 2 aromatic carbocycles. The van der Waals surface area contributed by atoms with Gasteiger partial charge in [0, 0.05) is 22.6 Å². The van der Waals surface area contributed by atoms with E-state index in [9.17, 15) is 4.79 Å². The number of carbonyl (C=O) groups excluding carboxylic acids is 1. The Bertz CT molecular complexity index is 1160. The summed E-state index contributed by atoms with van der Waals surface area (Å²) in [5.41, 5.74) is 3.14. The minimum Gasteiger partial charge on any atom is -0.325 e. The van der Waals surface area contributed by atoms with Crippen LogP contribution < -0.4 is 5.32 Å². The van der Waals surface area contributed by atoms with Crippen LogP contribution in [0.25, 0.3) is 17.2 Å². The highest BCUT2D eigenvalue weighted by molar-refractivity contribution is 7.99.